The van der Waals surface area contributed by atoms with Crippen LogP contribution in [0.1, 0.15) is 32.9 Å². The van der Waals surface area contributed by atoms with Crippen molar-refractivity contribution in [2.45, 2.75) is 25.0 Å². The Labute approximate surface area is 202 Å². The van der Waals surface area contributed by atoms with Gasteiger partial charge in [0.1, 0.15) is 4.21 Å². The number of hydrogen-bond donors (Lipinski definition) is 2. The molecular formula is C25H24N4O3S2. The zero-order chi connectivity index (χ0) is 24.3. The van der Waals surface area contributed by atoms with Crippen molar-refractivity contribution in [3.05, 3.63) is 100 Å². The first kappa shape index (κ1) is 23.5. The zero-order valence-electron chi connectivity index (χ0n) is 18.9. The van der Waals surface area contributed by atoms with Gasteiger partial charge in [0.2, 0.25) is 0 Å². The van der Waals surface area contributed by atoms with Crippen LogP contribution in [-0.2, 0) is 10.0 Å². The number of thiophene rings is 1. The lowest BCUT2D eigenvalue weighted by molar-refractivity contribution is 0.0956. The number of hydrogen-bond acceptors (Lipinski definition) is 5. The number of nitrogens with zero attached hydrogens (tertiary/aromatic N) is 2. The minimum absolute atomic E-state index is 0.171. The van der Waals surface area contributed by atoms with Crippen LogP contribution in [0, 0.1) is 20.8 Å². The summed E-state index contributed by atoms with van der Waals surface area (Å²) in [7, 11) is -3.78. The van der Waals surface area contributed by atoms with Crippen LogP contribution in [0.25, 0.3) is 5.69 Å². The number of benzene rings is 2. The largest absolute Gasteiger partial charge is 0.318 e. The van der Waals surface area contributed by atoms with Crippen molar-refractivity contribution in [1.29, 1.82) is 0 Å². The summed E-state index contributed by atoms with van der Waals surface area (Å²) in [5.41, 5.74) is 7.99. The second-order valence-corrected chi connectivity index (χ2v) is 10.6. The molecule has 1 amide bonds. The summed E-state index contributed by atoms with van der Waals surface area (Å²) in [6.45, 7) is 6.06. The Morgan fingerprint density at radius 2 is 1.79 bits per heavy atom. The first-order valence-electron chi connectivity index (χ1n) is 10.5. The van der Waals surface area contributed by atoms with Gasteiger partial charge in [-0.3, -0.25) is 9.52 Å². The molecule has 4 aromatic rings. The van der Waals surface area contributed by atoms with Crippen molar-refractivity contribution in [2.75, 3.05) is 4.72 Å². The highest BCUT2D eigenvalue weighted by Gasteiger charge is 2.19. The third-order valence-electron chi connectivity index (χ3n) is 5.28. The first-order chi connectivity index (χ1) is 16.3. The van der Waals surface area contributed by atoms with E-state index >= 15 is 0 Å². The highest BCUT2D eigenvalue weighted by Crippen LogP contribution is 2.23. The molecule has 0 radical (unpaired) electrons. The van der Waals surface area contributed by atoms with Gasteiger partial charge in [-0.1, -0.05) is 30.3 Å². The van der Waals surface area contributed by atoms with Crippen LogP contribution in [0.5, 0.6) is 0 Å². The van der Waals surface area contributed by atoms with Gasteiger partial charge in [-0.25, -0.2) is 13.8 Å². The summed E-state index contributed by atoms with van der Waals surface area (Å²) in [5.74, 6) is -0.520. The van der Waals surface area contributed by atoms with Crippen LogP contribution in [0.2, 0.25) is 0 Å². The molecule has 174 valence electrons. The Hall–Kier alpha value is -3.69. The predicted octanol–water partition coefficient (Wildman–Crippen LogP) is 5.03. The SMILES string of the molecule is Cc1cccc(-n2c(C)cc(C=NNC(=O)c3ccccc3NS(=O)(=O)c3cccs3)c2C)c1. The summed E-state index contributed by atoms with van der Waals surface area (Å²) in [4.78, 5) is 12.8. The van der Waals surface area contributed by atoms with Gasteiger partial charge in [-0.2, -0.15) is 5.10 Å². The van der Waals surface area contributed by atoms with Crippen LogP contribution in [-0.4, -0.2) is 25.1 Å². The number of para-hydroxylation sites is 1. The number of aromatic nitrogens is 1. The van der Waals surface area contributed by atoms with Gasteiger partial charge < -0.3 is 4.57 Å². The molecule has 0 aliphatic heterocycles. The second kappa shape index (κ2) is 9.66. The number of carbonyl (C=O) groups is 1. The molecule has 2 aromatic heterocycles. The predicted molar refractivity (Wildman–Crippen MR) is 137 cm³/mol. The van der Waals surface area contributed by atoms with E-state index in [0.29, 0.717) is 0 Å². The molecule has 0 bridgehead atoms. The summed E-state index contributed by atoms with van der Waals surface area (Å²) in [5, 5.41) is 5.80. The number of aryl methyl sites for hydroxylation is 2. The van der Waals surface area contributed by atoms with E-state index in [0.717, 1.165) is 34.0 Å². The Balaban J connectivity index is 1.52. The van der Waals surface area contributed by atoms with Crippen molar-refractivity contribution in [3.8, 4) is 5.69 Å². The van der Waals surface area contributed by atoms with Crippen LogP contribution < -0.4 is 10.1 Å². The number of amides is 1. The molecule has 4 rings (SSSR count). The van der Waals surface area contributed by atoms with Crippen LogP contribution >= 0.6 is 11.3 Å². The maximum absolute atomic E-state index is 12.8. The number of sulfonamides is 1. The highest BCUT2D eigenvalue weighted by molar-refractivity contribution is 7.94. The molecule has 7 nitrogen and oxygen atoms in total. The van der Waals surface area contributed by atoms with E-state index in [1.54, 1.807) is 41.9 Å². The lowest BCUT2D eigenvalue weighted by Crippen LogP contribution is -2.21. The van der Waals surface area contributed by atoms with Crippen molar-refractivity contribution in [2.24, 2.45) is 5.10 Å². The molecular weight excluding hydrogens is 468 g/mol. The Kier molecular flexibility index (Phi) is 6.67. The van der Waals surface area contributed by atoms with E-state index in [9.17, 15) is 13.2 Å². The van der Waals surface area contributed by atoms with E-state index in [2.05, 4.69) is 25.9 Å². The molecule has 2 heterocycles. The average molecular weight is 493 g/mol. The van der Waals surface area contributed by atoms with Gasteiger partial charge in [-0.05, 0) is 68.1 Å². The zero-order valence-corrected chi connectivity index (χ0v) is 20.6. The molecule has 0 aliphatic rings. The van der Waals surface area contributed by atoms with Gasteiger partial charge in [0, 0.05) is 22.6 Å². The fourth-order valence-corrected chi connectivity index (χ4v) is 5.76. The third-order valence-corrected chi connectivity index (χ3v) is 8.04. The van der Waals surface area contributed by atoms with Crippen molar-refractivity contribution >= 4 is 39.2 Å². The van der Waals surface area contributed by atoms with Gasteiger partial charge in [-0.15, -0.1) is 11.3 Å². The monoisotopic (exact) mass is 492 g/mol. The fourth-order valence-electron chi connectivity index (χ4n) is 3.68. The maximum Gasteiger partial charge on any atom is 0.273 e. The Morgan fingerprint density at radius 1 is 1.00 bits per heavy atom. The fraction of sp³-hybridized carbons (Fsp3) is 0.120. The lowest BCUT2D eigenvalue weighted by atomic mass is 10.2. The van der Waals surface area contributed by atoms with Gasteiger partial charge in [0.25, 0.3) is 15.9 Å². The summed E-state index contributed by atoms with van der Waals surface area (Å²) in [6, 6.07) is 19.8. The lowest BCUT2D eigenvalue weighted by Gasteiger charge is -2.11. The molecule has 0 saturated heterocycles. The quantitative estimate of drug-likeness (QED) is 0.280. The topological polar surface area (TPSA) is 92.6 Å². The second-order valence-electron chi connectivity index (χ2n) is 7.78. The minimum atomic E-state index is -3.78. The summed E-state index contributed by atoms with van der Waals surface area (Å²) in [6.07, 6.45) is 1.59. The van der Waals surface area contributed by atoms with E-state index < -0.39 is 15.9 Å². The van der Waals surface area contributed by atoms with E-state index in [4.69, 9.17) is 0 Å². The van der Waals surface area contributed by atoms with Gasteiger partial charge in [0.05, 0.1) is 17.5 Å². The van der Waals surface area contributed by atoms with Crippen molar-refractivity contribution < 1.29 is 13.2 Å². The van der Waals surface area contributed by atoms with E-state index in [1.807, 2.05) is 45.0 Å². The average Bonchev–Trinajstić information content (AvgIpc) is 3.43. The van der Waals surface area contributed by atoms with E-state index in [-0.39, 0.29) is 15.5 Å². The molecule has 0 unspecified atom stereocenters. The molecule has 0 aliphatic carbocycles. The molecule has 2 N–H and O–H groups in total. The Bertz CT molecular complexity index is 1470. The molecule has 34 heavy (non-hydrogen) atoms. The molecule has 0 fully saturated rings. The number of nitrogens with one attached hydrogen (secondary N) is 2. The third kappa shape index (κ3) is 4.95. The van der Waals surface area contributed by atoms with Gasteiger partial charge in [0.15, 0.2) is 0 Å². The summed E-state index contributed by atoms with van der Waals surface area (Å²) < 4.78 is 30.0. The Morgan fingerprint density at radius 3 is 2.53 bits per heavy atom. The smallest absolute Gasteiger partial charge is 0.273 e. The molecule has 9 heteroatoms. The number of carbonyl (C=O) groups excluding carboxylic acids is 1. The highest BCUT2D eigenvalue weighted by atomic mass is 32.2. The number of hydrazone groups is 1. The maximum atomic E-state index is 12.8. The molecule has 0 spiro atoms. The minimum Gasteiger partial charge on any atom is -0.318 e. The summed E-state index contributed by atoms with van der Waals surface area (Å²) >= 11 is 1.10. The molecule has 2 aromatic carbocycles. The number of rotatable bonds is 7. The first-order valence-corrected chi connectivity index (χ1v) is 12.9. The van der Waals surface area contributed by atoms with Gasteiger partial charge >= 0.3 is 0 Å². The standard InChI is InChI=1S/C25H24N4O3S2/c1-17-8-6-9-21(14-17)29-18(2)15-20(19(29)3)16-26-27-25(30)22-10-4-5-11-23(22)28-34(31,32)24-12-7-13-33-24/h4-16,28H,1-3H3,(H,27,30). The van der Waals surface area contributed by atoms with Crippen LogP contribution in [0.4, 0.5) is 5.69 Å². The van der Waals surface area contributed by atoms with Crippen molar-refractivity contribution in [3.63, 3.8) is 0 Å². The van der Waals surface area contributed by atoms with Crippen LogP contribution in [0.3, 0.4) is 0 Å². The molecule has 0 saturated carbocycles. The number of anilines is 1. The van der Waals surface area contributed by atoms with Crippen molar-refractivity contribution in [1.82, 2.24) is 9.99 Å². The molecule has 0 atom stereocenters. The van der Waals surface area contributed by atoms with Crippen LogP contribution in [0.15, 0.2) is 81.4 Å². The van der Waals surface area contributed by atoms with E-state index in [1.165, 1.54) is 11.6 Å². The normalized spacial score (nSPS) is 11.6.